The number of halogens is 2. The van der Waals surface area contributed by atoms with Crippen LogP contribution in [0.4, 0.5) is 0 Å². The summed E-state index contributed by atoms with van der Waals surface area (Å²) in [5, 5.41) is 8.17. The largest absolute Gasteiger partial charge is 0.497 e. The molecule has 0 aliphatic rings. The fourth-order valence-corrected chi connectivity index (χ4v) is 4.92. The van der Waals surface area contributed by atoms with Crippen molar-refractivity contribution in [3.63, 3.8) is 0 Å². The molecule has 0 unspecified atom stereocenters. The van der Waals surface area contributed by atoms with Gasteiger partial charge in [-0.25, -0.2) is 9.67 Å². The lowest BCUT2D eigenvalue weighted by Crippen LogP contribution is -2.23. The molecule has 2 aromatic carbocycles. The van der Waals surface area contributed by atoms with E-state index in [0.29, 0.717) is 46.8 Å². The number of nitrogens with one attached hydrogen (secondary N) is 2. The van der Waals surface area contributed by atoms with Crippen LogP contribution < -0.4 is 15.6 Å². The molecule has 198 valence electrons. The van der Waals surface area contributed by atoms with Crippen molar-refractivity contribution >= 4 is 40.1 Å². The number of rotatable bonds is 8. The SMILES string of the molecule is CCc1nn(-c2c(Cl)cc(C(=O)NCc3ccccn3)cc2Cl)c2nc(Cc3cccc(OC)c3)[nH]c(=O)c12. The highest BCUT2D eigenvalue weighted by molar-refractivity contribution is 6.38. The molecular formula is C28H24Cl2N6O3. The van der Waals surface area contributed by atoms with Crippen molar-refractivity contribution in [3.05, 3.63) is 110 Å². The van der Waals surface area contributed by atoms with Crippen molar-refractivity contribution in [2.24, 2.45) is 0 Å². The molecule has 5 rings (SSSR count). The highest BCUT2D eigenvalue weighted by atomic mass is 35.5. The number of fused-ring (bicyclic) bond motifs is 1. The molecule has 11 heteroatoms. The summed E-state index contributed by atoms with van der Waals surface area (Å²) in [6.07, 6.45) is 2.52. The number of hydrogen-bond acceptors (Lipinski definition) is 6. The van der Waals surface area contributed by atoms with Gasteiger partial charge in [0.25, 0.3) is 11.5 Å². The number of ether oxygens (including phenoxy) is 1. The minimum Gasteiger partial charge on any atom is -0.497 e. The zero-order valence-corrected chi connectivity index (χ0v) is 22.7. The third-order valence-corrected chi connectivity index (χ3v) is 6.72. The van der Waals surface area contributed by atoms with Crippen LogP contribution in [-0.2, 0) is 19.4 Å². The van der Waals surface area contributed by atoms with Crippen molar-refractivity contribution < 1.29 is 9.53 Å². The van der Waals surface area contributed by atoms with E-state index >= 15 is 0 Å². The molecule has 0 spiro atoms. The van der Waals surface area contributed by atoms with Gasteiger partial charge in [-0.05, 0) is 48.4 Å². The van der Waals surface area contributed by atoms with Crippen molar-refractivity contribution in [2.75, 3.05) is 7.11 Å². The number of benzene rings is 2. The minimum absolute atomic E-state index is 0.189. The standard InChI is InChI=1S/C28H24Cl2N6O3/c1-3-22-24-26(33-23(34-28(24)38)12-16-7-6-9-19(11-16)39-2)36(35-22)25-20(29)13-17(14-21(25)30)27(37)32-15-18-8-4-5-10-31-18/h4-11,13-14H,3,12,15H2,1-2H3,(H,32,37)(H,33,34,38). The third kappa shape index (κ3) is 5.50. The molecule has 0 bridgehead atoms. The van der Waals surface area contributed by atoms with Crippen LogP contribution in [0.2, 0.25) is 10.0 Å². The number of carbonyl (C=O) groups is 1. The summed E-state index contributed by atoms with van der Waals surface area (Å²) < 4.78 is 6.78. The van der Waals surface area contributed by atoms with Crippen LogP contribution in [0.25, 0.3) is 16.7 Å². The maximum absolute atomic E-state index is 13.1. The summed E-state index contributed by atoms with van der Waals surface area (Å²) in [7, 11) is 1.60. The van der Waals surface area contributed by atoms with E-state index in [1.165, 1.54) is 16.8 Å². The number of pyridine rings is 1. The number of carbonyl (C=O) groups excluding carboxylic acids is 1. The normalized spacial score (nSPS) is 11.1. The summed E-state index contributed by atoms with van der Waals surface area (Å²) in [6, 6.07) is 16.0. The van der Waals surface area contributed by atoms with Crippen molar-refractivity contribution in [3.8, 4) is 11.4 Å². The Morgan fingerprint density at radius 1 is 1.10 bits per heavy atom. The molecule has 39 heavy (non-hydrogen) atoms. The molecule has 2 N–H and O–H groups in total. The summed E-state index contributed by atoms with van der Waals surface area (Å²) in [4.78, 5) is 37.7. The number of aromatic amines is 1. The van der Waals surface area contributed by atoms with Gasteiger partial charge in [0.1, 0.15) is 22.6 Å². The van der Waals surface area contributed by atoms with Crippen LogP contribution in [0, 0.1) is 0 Å². The average molecular weight is 563 g/mol. The van der Waals surface area contributed by atoms with E-state index in [0.717, 1.165) is 11.3 Å². The van der Waals surface area contributed by atoms with E-state index in [-0.39, 0.29) is 33.6 Å². The van der Waals surface area contributed by atoms with Crippen LogP contribution in [0.3, 0.4) is 0 Å². The number of amides is 1. The number of H-pyrrole nitrogens is 1. The van der Waals surface area contributed by atoms with E-state index in [1.807, 2.05) is 43.3 Å². The summed E-state index contributed by atoms with van der Waals surface area (Å²) in [6.45, 7) is 2.15. The number of nitrogens with zero attached hydrogens (tertiary/aromatic N) is 4. The molecule has 0 atom stereocenters. The van der Waals surface area contributed by atoms with Crippen LogP contribution in [0.15, 0.2) is 65.6 Å². The summed E-state index contributed by atoms with van der Waals surface area (Å²) in [5.74, 6) is 0.796. The second kappa shape index (κ2) is 11.3. The zero-order valence-electron chi connectivity index (χ0n) is 21.2. The topological polar surface area (TPSA) is 115 Å². The quantitative estimate of drug-likeness (QED) is 0.278. The van der Waals surface area contributed by atoms with Gasteiger partial charge < -0.3 is 15.0 Å². The average Bonchev–Trinajstić information content (AvgIpc) is 3.30. The second-order valence-electron chi connectivity index (χ2n) is 8.74. The van der Waals surface area contributed by atoms with Crippen molar-refractivity contribution in [1.29, 1.82) is 0 Å². The first-order valence-corrected chi connectivity index (χ1v) is 12.9. The van der Waals surface area contributed by atoms with Crippen molar-refractivity contribution in [2.45, 2.75) is 26.3 Å². The molecular weight excluding hydrogens is 539 g/mol. The van der Waals surface area contributed by atoms with Gasteiger partial charge in [0.05, 0.1) is 35.1 Å². The Bertz CT molecular complexity index is 1710. The lowest BCUT2D eigenvalue weighted by molar-refractivity contribution is 0.0950. The molecule has 0 fully saturated rings. The highest BCUT2D eigenvalue weighted by Crippen LogP contribution is 2.32. The van der Waals surface area contributed by atoms with Gasteiger partial charge >= 0.3 is 0 Å². The molecule has 1 amide bonds. The minimum atomic E-state index is -0.356. The van der Waals surface area contributed by atoms with Gasteiger partial charge in [-0.1, -0.05) is 48.3 Å². The zero-order chi connectivity index (χ0) is 27.5. The number of hydrogen-bond donors (Lipinski definition) is 2. The predicted octanol–water partition coefficient (Wildman–Crippen LogP) is 4.90. The van der Waals surface area contributed by atoms with Crippen LogP contribution in [-0.4, -0.2) is 37.7 Å². The van der Waals surface area contributed by atoms with Crippen LogP contribution in [0.1, 0.15) is 40.1 Å². The lowest BCUT2D eigenvalue weighted by Gasteiger charge is -2.12. The predicted molar refractivity (Wildman–Crippen MR) is 150 cm³/mol. The van der Waals surface area contributed by atoms with E-state index in [1.54, 1.807) is 19.4 Å². The van der Waals surface area contributed by atoms with Gasteiger partial charge in [0, 0.05) is 18.2 Å². The first-order valence-electron chi connectivity index (χ1n) is 12.2. The Morgan fingerprint density at radius 3 is 2.59 bits per heavy atom. The monoisotopic (exact) mass is 562 g/mol. The Balaban J connectivity index is 1.52. The molecule has 0 aliphatic heterocycles. The van der Waals surface area contributed by atoms with Gasteiger partial charge in [-0.3, -0.25) is 14.6 Å². The van der Waals surface area contributed by atoms with E-state index < -0.39 is 0 Å². The first kappa shape index (κ1) is 26.4. The van der Waals surface area contributed by atoms with E-state index in [9.17, 15) is 9.59 Å². The van der Waals surface area contributed by atoms with Crippen LogP contribution in [0.5, 0.6) is 5.75 Å². The molecule has 9 nitrogen and oxygen atoms in total. The first-order chi connectivity index (χ1) is 18.9. The van der Waals surface area contributed by atoms with Crippen LogP contribution >= 0.6 is 23.2 Å². The molecule has 5 aromatic rings. The summed E-state index contributed by atoms with van der Waals surface area (Å²) in [5.41, 5.74) is 2.81. The van der Waals surface area contributed by atoms with Gasteiger partial charge in [0.15, 0.2) is 5.65 Å². The lowest BCUT2D eigenvalue weighted by atomic mass is 10.1. The molecule has 0 radical (unpaired) electrons. The maximum Gasteiger partial charge on any atom is 0.262 e. The Labute approximate surface area is 233 Å². The molecule has 0 saturated carbocycles. The molecule has 0 aliphatic carbocycles. The Kier molecular flexibility index (Phi) is 7.63. The molecule has 3 aromatic heterocycles. The fraction of sp³-hybridized carbons (Fsp3) is 0.179. The third-order valence-electron chi connectivity index (χ3n) is 6.15. The Hall–Kier alpha value is -4.21. The van der Waals surface area contributed by atoms with Gasteiger partial charge in [-0.15, -0.1) is 0 Å². The van der Waals surface area contributed by atoms with Crippen molar-refractivity contribution in [1.82, 2.24) is 30.0 Å². The number of aryl methyl sites for hydroxylation is 1. The number of methoxy groups -OCH3 is 1. The van der Waals surface area contributed by atoms with E-state index in [2.05, 4.69) is 20.4 Å². The van der Waals surface area contributed by atoms with Gasteiger partial charge in [0.2, 0.25) is 0 Å². The maximum atomic E-state index is 13.1. The second-order valence-corrected chi connectivity index (χ2v) is 9.56. The summed E-state index contributed by atoms with van der Waals surface area (Å²) >= 11 is 13.3. The molecule has 0 saturated heterocycles. The Morgan fingerprint density at radius 2 is 1.90 bits per heavy atom. The smallest absolute Gasteiger partial charge is 0.262 e. The van der Waals surface area contributed by atoms with E-state index in [4.69, 9.17) is 32.9 Å². The highest BCUT2D eigenvalue weighted by Gasteiger charge is 2.22. The number of aromatic nitrogens is 5. The fourth-order valence-electron chi connectivity index (χ4n) is 4.28. The van der Waals surface area contributed by atoms with Gasteiger partial charge in [-0.2, -0.15) is 5.10 Å². The molecule has 3 heterocycles.